The van der Waals surface area contributed by atoms with E-state index in [0.29, 0.717) is 6.42 Å². The van der Waals surface area contributed by atoms with E-state index in [1.54, 1.807) is 35.5 Å². The van der Waals surface area contributed by atoms with Crippen molar-refractivity contribution in [1.29, 1.82) is 0 Å². The fourth-order valence-corrected chi connectivity index (χ4v) is 5.87. The van der Waals surface area contributed by atoms with Gasteiger partial charge in [0, 0.05) is 44.1 Å². The van der Waals surface area contributed by atoms with Gasteiger partial charge in [-0.15, -0.1) is 0 Å². The van der Waals surface area contributed by atoms with E-state index in [4.69, 9.17) is 0 Å². The van der Waals surface area contributed by atoms with Crippen molar-refractivity contribution < 1.29 is 13.2 Å². The lowest BCUT2D eigenvalue weighted by molar-refractivity contribution is -0.116. The number of anilines is 1. The number of aromatic nitrogens is 1. The molecule has 1 atom stereocenters. The van der Waals surface area contributed by atoms with E-state index in [1.165, 1.54) is 16.8 Å². The molecular formula is C26H29N3O3S. The second kappa shape index (κ2) is 9.45. The van der Waals surface area contributed by atoms with Crippen LogP contribution in [0, 0.1) is 0 Å². The highest BCUT2D eigenvalue weighted by Gasteiger charge is 2.32. The van der Waals surface area contributed by atoms with Crippen LogP contribution in [0.4, 0.5) is 5.69 Å². The maximum atomic E-state index is 13.8. The molecule has 172 valence electrons. The van der Waals surface area contributed by atoms with Crippen molar-refractivity contribution >= 4 is 21.6 Å². The first-order valence-corrected chi connectivity index (χ1v) is 12.6. The van der Waals surface area contributed by atoms with Gasteiger partial charge in [-0.05, 0) is 66.3 Å². The summed E-state index contributed by atoms with van der Waals surface area (Å²) in [5.74, 6) is -0.0365. The summed E-state index contributed by atoms with van der Waals surface area (Å²) in [5.41, 5.74) is 4.64. The zero-order chi connectivity index (χ0) is 23.6. The van der Waals surface area contributed by atoms with Crippen molar-refractivity contribution in [3.8, 4) is 0 Å². The highest BCUT2D eigenvalue weighted by molar-refractivity contribution is 7.89. The van der Waals surface area contributed by atoms with E-state index in [1.807, 2.05) is 43.3 Å². The average molecular weight is 464 g/mol. The number of aryl methyl sites for hydroxylation is 1. The lowest BCUT2D eigenvalue weighted by atomic mass is 10.1. The van der Waals surface area contributed by atoms with Crippen LogP contribution in [0.1, 0.15) is 43.0 Å². The Bertz CT molecular complexity index is 1240. The van der Waals surface area contributed by atoms with Crippen LogP contribution in [0.2, 0.25) is 0 Å². The monoisotopic (exact) mass is 463 g/mol. The third kappa shape index (κ3) is 4.84. The van der Waals surface area contributed by atoms with Crippen molar-refractivity contribution in [2.24, 2.45) is 0 Å². The van der Waals surface area contributed by atoms with Crippen molar-refractivity contribution in [2.45, 2.75) is 57.6 Å². The van der Waals surface area contributed by atoms with E-state index in [2.05, 4.69) is 11.9 Å². The van der Waals surface area contributed by atoms with E-state index < -0.39 is 10.0 Å². The molecule has 1 unspecified atom stereocenters. The fourth-order valence-electron chi connectivity index (χ4n) is 4.40. The van der Waals surface area contributed by atoms with E-state index in [0.717, 1.165) is 28.8 Å². The summed E-state index contributed by atoms with van der Waals surface area (Å²) in [4.78, 5) is 18.2. The molecule has 0 saturated carbocycles. The van der Waals surface area contributed by atoms with Gasteiger partial charge in [-0.2, -0.15) is 4.31 Å². The fraction of sp³-hybridized carbons (Fsp3) is 0.308. The topological polar surface area (TPSA) is 70.6 Å². The lowest BCUT2D eigenvalue weighted by Gasteiger charge is -2.23. The summed E-state index contributed by atoms with van der Waals surface area (Å²) >= 11 is 0. The van der Waals surface area contributed by atoms with Gasteiger partial charge in [0.15, 0.2) is 0 Å². The van der Waals surface area contributed by atoms with Gasteiger partial charge in [0.2, 0.25) is 15.9 Å². The molecule has 0 spiro atoms. The Balaban J connectivity index is 1.69. The summed E-state index contributed by atoms with van der Waals surface area (Å²) in [6, 6.07) is 16.8. The first-order chi connectivity index (χ1) is 15.8. The van der Waals surface area contributed by atoms with Crippen LogP contribution in [0.5, 0.6) is 0 Å². The molecule has 7 heteroatoms. The molecule has 0 saturated heterocycles. The molecule has 2 aromatic carbocycles. The maximum absolute atomic E-state index is 13.8. The molecule has 33 heavy (non-hydrogen) atoms. The molecule has 1 aliphatic rings. The second-order valence-electron chi connectivity index (χ2n) is 8.54. The molecule has 3 aromatic rings. The third-order valence-electron chi connectivity index (χ3n) is 6.12. The molecule has 4 rings (SSSR count). The summed E-state index contributed by atoms with van der Waals surface area (Å²) < 4.78 is 29.1. The van der Waals surface area contributed by atoms with Gasteiger partial charge < -0.3 is 4.90 Å². The van der Waals surface area contributed by atoms with E-state index in [-0.39, 0.29) is 29.9 Å². The number of hydrogen-bond donors (Lipinski definition) is 0. The number of sulfonamides is 1. The molecule has 0 radical (unpaired) electrons. The van der Waals surface area contributed by atoms with Crippen LogP contribution < -0.4 is 4.90 Å². The van der Waals surface area contributed by atoms with Crippen molar-refractivity contribution in [1.82, 2.24) is 9.29 Å². The van der Waals surface area contributed by atoms with Crippen LogP contribution in [0.15, 0.2) is 71.9 Å². The van der Waals surface area contributed by atoms with E-state index >= 15 is 0 Å². The molecule has 0 N–H and O–H groups in total. The smallest absolute Gasteiger partial charge is 0.243 e. The lowest BCUT2D eigenvalue weighted by Crippen LogP contribution is -2.33. The van der Waals surface area contributed by atoms with Crippen LogP contribution in [-0.2, 0) is 40.7 Å². The van der Waals surface area contributed by atoms with Crippen LogP contribution in [-0.4, -0.2) is 29.7 Å². The molecular weight excluding hydrogens is 434 g/mol. The number of carbonyl (C=O) groups excluding carboxylic acids is 1. The molecule has 0 aliphatic carbocycles. The molecule has 2 heterocycles. The van der Waals surface area contributed by atoms with Crippen molar-refractivity contribution in [3.05, 3.63) is 89.2 Å². The highest BCUT2D eigenvalue weighted by atomic mass is 32.2. The second-order valence-corrected chi connectivity index (χ2v) is 10.5. The number of amides is 1. The first-order valence-electron chi connectivity index (χ1n) is 11.2. The Hall–Kier alpha value is -3.03. The van der Waals surface area contributed by atoms with Gasteiger partial charge in [0.05, 0.1) is 4.90 Å². The number of rotatable bonds is 7. The van der Waals surface area contributed by atoms with Crippen LogP contribution in [0.25, 0.3) is 0 Å². The Kier molecular flexibility index (Phi) is 6.63. The maximum Gasteiger partial charge on any atom is 0.243 e. The number of hydrogen-bond acceptors (Lipinski definition) is 4. The molecule has 1 aromatic heterocycles. The number of benzene rings is 2. The van der Waals surface area contributed by atoms with Gasteiger partial charge in [-0.3, -0.25) is 9.78 Å². The molecule has 1 aliphatic heterocycles. The SMILES string of the molecule is CCc1ccc(CN(Cc2cccnc2)S(=O)(=O)c2ccc3c(c2)CC(C)N3C(C)=O)cc1. The largest absolute Gasteiger partial charge is 0.309 e. The predicted octanol–water partition coefficient (Wildman–Crippen LogP) is 4.33. The third-order valence-corrected chi connectivity index (χ3v) is 7.90. The van der Waals surface area contributed by atoms with Crippen LogP contribution in [0.3, 0.4) is 0 Å². The summed E-state index contributed by atoms with van der Waals surface area (Å²) in [5, 5.41) is 0. The number of pyridine rings is 1. The van der Waals surface area contributed by atoms with Gasteiger partial charge in [-0.1, -0.05) is 37.3 Å². The van der Waals surface area contributed by atoms with Gasteiger partial charge in [0.25, 0.3) is 0 Å². The minimum atomic E-state index is -3.79. The zero-order valence-corrected chi connectivity index (χ0v) is 20.0. The standard InChI is InChI=1S/C26H29N3O3S/c1-4-21-7-9-22(10-8-21)17-28(18-23-6-5-13-27-16-23)33(31,32)25-11-12-26-24(15-25)14-19(2)29(26)20(3)30/h5-13,15-16,19H,4,14,17-18H2,1-3H3. The highest BCUT2D eigenvalue weighted by Crippen LogP contribution is 2.35. The Morgan fingerprint density at radius 2 is 1.76 bits per heavy atom. The van der Waals surface area contributed by atoms with Gasteiger partial charge in [-0.25, -0.2) is 8.42 Å². The van der Waals surface area contributed by atoms with Gasteiger partial charge >= 0.3 is 0 Å². The van der Waals surface area contributed by atoms with E-state index in [9.17, 15) is 13.2 Å². The molecule has 1 amide bonds. The van der Waals surface area contributed by atoms with Crippen molar-refractivity contribution in [3.63, 3.8) is 0 Å². The van der Waals surface area contributed by atoms with Crippen LogP contribution >= 0.6 is 0 Å². The summed E-state index contributed by atoms with van der Waals surface area (Å²) in [7, 11) is -3.79. The summed E-state index contributed by atoms with van der Waals surface area (Å²) in [6.45, 7) is 6.09. The average Bonchev–Trinajstić information content (AvgIpc) is 3.15. The predicted molar refractivity (Wildman–Crippen MR) is 129 cm³/mol. The molecule has 0 bridgehead atoms. The molecule has 6 nitrogen and oxygen atoms in total. The quantitative estimate of drug-likeness (QED) is 0.523. The van der Waals surface area contributed by atoms with Crippen molar-refractivity contribution in [2.75, 3.05) is 4.90 Å². The van der Waals surface area contributed by atoms with Gasteiger partial charge in [0.1, 0.15) is 0 Å². The number of carbonyl (C=O) groups is 1. The number of fused-ring (bicyclic) bond motifs is 1. The number of nitrogens with zero attached hydrogens (tertiary/aromatic N) is 3. The Morgan fingerprint density at radius 1 is 1.06 bits per heavy atom. The first kappa shape index (κ1) is 23.1. The Labute approximate surface area is 195 Å². The normalized spacial score (nSPS) is 15.6. The molecule has 0 fully saturated rings. The Morgan fingerprint density at radius 3 is 2.39 bits per heavy atom. The minimum absolute atomic E-state index is 0.0130. The minimum Gasteiger partial charge on any atom is -0.309 e. The summed E-state index contributed by atoms with van der Waals surface area (Å²) in [6.07, 6.45) is 4.94. The zero-order valence-electron chi connectivity index (χ0n) is 19.2.